The second-order valence-corrected chi connectivity index (χ2v) is 7.41. The molecular formula is C22H22FN3O3. The van der Waals surface area contributed by atoms with E-state index < -0.39 is 5.79 Å². The smallest absolute Gasteiger partial charge is 0.247 e. The van der Waals surface area contributed by atoms with Crippen LogP contribution in [0.5, 0.6) is 0 Å². The third kappa shape index (κ3) is 3.69. The Labute approximate surface area is 168 Å². The van der Waals surface area contributed by atoms with E-state index in [0.717, 1.165) is 37.1 Å². The minimum Gasteiger partial charge on any atom is -0.419 e. The maximum atomic E-state index is 13.5. The van der Waals surface area contributed by atoms with Gasteiger partial charge in [-0.2, -0.15) is 0 Å². The maximum absolute atomic E-state index is 13.5. The van der Waals surface area contributed by atoms with Gasteiger partial charge in [0.05, 0.1) is 13.2 Å². The largest absolute Gasteiger partial charge is 0.419 e. The van der Waals surface area contributed by atoms with Crippen molar-refractivity contribution in [3.05, 3.63) is 71.9 Å². The molecule has 1 unspecified atom stereocenters. The van der Waals surface area contributed by atoms with Crippen LogP contribution in [0.4, 0.5) is 4.39 Å². The summed E-state index contributed by atoms with van der Waals surface area (Å²) in [6.07, 6.45) is 1.54. The lowest BCUT2D eigenvalue weighted by atomic mass is 9.98. The van der Waals surface area contributed by atoms with Crippen LogP contribution in [0.25, 0.3) is 11.5 Å². The van der Waals surface area contributed by atoms with Crippen LogP contribution in [0.1, 0.15) is 30.3 Å². The monoisotopic (exact) mass is 395 g/mol. The van der Waals surface area contributed by atoms with E-state index in [1.54, 1.807) is 12.1 Å². The minimum absolute atomic E-state index is 0.251. The molecule has 0 N–H and O–H groups in total. The molecule has 0 bridgehead atoms. The van der Waals surface area contributed by atoms with Crippen LogP contribution in [0, 0.1) is 5.82 Å². The lowest BCUT2D eigenvalue weighted by Gasteiger charge is -2.40. The van der Waals surface area contributed by atoms with Crippen molar-refractivity contribution < 1.29 is 18.3 Å². The zero-order valence-electron chi connectivity index (χ0n) is 16.0. The molecule has 6 nitrogen and oxygen atoms in total. The molecule has 2 aromatic carbocycles. The highest BCUT2D eigenvalue weighted by atomic mass is 19.1. The fourth-order valence-electron chi connectivity index (χ4n) is 4.11. The first-order valence-electron chi connectivity index (χ1n) is 9.89. The van der Waals surface area contributed by atoms with Crippen molar-refractivity contribution in [1.82, 2.24) is 15.1 Å². The average molecular weight is 395 g/mol. The molecule has 2 aliphatic rings. The normalized spacial score (nSPS) is 20.2. The van der Waals surface area contributed by atoms with Crippen molar-refractivity contribution in [2.24, 2.45) is 0 Å². The summed E-state index contributed by atoms with van der Waals surface area (Å²) in [4.78, 5) is 2.27. The fraction of sp³-hybridized carbons (Fsp3) is 0.364. The number of nitrogens with zero attached hydrogens (tertiary/aromatic N) is 3. The Hall–Kier alpha value is -2.61. The quantitative estimate of drug-likeness (QED) is 0.670. The van der Waals surface area contributed by atoms with E-state index in [-0.39, 0.29) is 11.9 Å². The number of likely N-dealkylation sites (tertiary alicyclic amines) is 1. The van der Waals surface area contributed by atoms with Crippen molar-refractivity contribution in [2.45, 2.75) is 24.7 Å². The van der Waals surface area contributed by atoms with Gasteiger partial charge < -0.3 is 13.9 Å². The Balaban J connectivity index is 1.45. The predicted octanol–water partition coefficient (Wildman–Crippen LogP) is 3.80. The van der Waals surface area contributed by atoms with Gasteiger partial charge in [-0.3, -0.25) is 4.90 Å². The van der Waals surface area contributed by atoms with Crippen LogP contribution >= 0.6 is 0 Å². The zero-order chi connectivity index (χ0) is 19.7. The zero-order valence-corrected chi connectivity index (χ0v) is 16.0. The van der Waals surface area contributed by atoms with Gasteiger partial charge in [0, 0.05) is 31.5 Å². The van der Waals surface area contributed by atoms with Crippen LogP contribution in [0.15, 0.2) is 59.0 Å². The Morgan fingerprint density at radius 2 is 1.59 bits per heavy atom. The van der Waals surface area contributed by atoms with Crippen molar-refractivity contribution in [2.75, 3.05) is 26.3 Å². The summed E-state index contributed by atoms with van der Waals surface area (Å²) in [6, 6.07) is 15.9. The molecule has 5 rings (SSSR count). The molecule has 0 aliphatic carbocycles. The second-order valence-electron chi connectivity index (χ2n) is 7.41. The van der Waals surface area contributed by atoms with Crippen molar-refractivity contribution in [3.63, 3.8) is 0 Å². The van der Waals surface area contributed by atoms with Gasteiger partial charge in [0.2, 0.25) is 11.8 Å². The summed E-state index contributed by atoms with van der Waals surface area (Å²) < 4.78 is 31.3. The molecule has 0 saturated carbocycles. The van der Waals surface area contributed by atoms with E-state index in [1.165, 1.54) is 12.1 Å². The number of rotatable bonds is 4. The maximum Gasteiger partial charge on any atom is 0.247 e. The summed E-state index contributed by atoms with van der Waals surface area (Å²) >= 11 is 0. The van der Waals surface area contributed by atoms with Crippen LogP contribution in [-0.4, -0.2) is 47.2 Å². The van der Waals surface area contributed by atoms with Gasteiger partial charge in [-0.05, 0) is 29.8 Å². The highest BCUT2D eigenvalue weighted by Gasteiger charge is 2.42. The molecule has 1 spiro atoms. The van der Waals surface area contributed by atoms with Gasteiger partial charge in [-0.1, -0.05) is 30.3 Å². The van der Waals surface area contributed by atoms with E-state index in [2.05, 4.69) is 15.1 Å². The topological polar surface area (TPSA) is 60.6 Å². The third-order valence-electron chi connectivity index (χ3n) is 5.62. The van der Waals surface area contributed by atoms with Gasteiger partial charge in [0.1, 0.15) is 11.9 Å². The first kappa shape index (κ1) is 18.4. The van der Waals surface area contributed by atoms with Crippen LogP contribution in [0.3, 0.4) is 0 Å². The molecule has 1 atom stereocenters. The third-order valence-corrected chi connectivity index (χ3v) is 5.62. The number of ether oxygens (including phenoxy) is 2. The van der Waals surface area contributed by atoms with Gasteiger partial charge in [0.25, 0.3) is 0 Å². The molecule has 150 valence electrons. The molecule has 7 heteroatoms. The lowest BCUT2D eigenvalue weighted by Crippen LogP contribution is -2.46. The van der Waals surface area contributed by atoms with Crippen molar-refractivity contribution in [3.8, 4) is 11.5 Å². The van der Waals surface area contributed by atoms with Crippen molar-refractivity contribution >= 4 is 0 Å². The molecule has 3 aromatic rings. The minimum atomic E-state index is -0.464. The first-order valence-corrected chi connectivity index (χ1v) is 9.89. The SMILES string of the molecule is Fc1ccc(C(c2nnc(-c3ccccc3)o2)N2CCC3(CC2)OCCO3)cc1. The number of halogens is 1. The van der Waals surface area contributed by atoms with Gasteiger partial charge in [-0.25, -0.2) is 4.39 Å². The average Bonchev–Trinajstić information content (AvgIpc) is 3.42. The van der Waals surface area contributed by atoms with Gasteiger partial charge in [0.15, 0.2) is 5.79 Å². The lowest BCUT2D eigenvalue weighted by molar-refractivity contribution is -0.187. The standard InChI is InChI=1S/C22H22FN3O3/c23-18-8-6-16(7-9-18)19(26-12-10-22(11-13-26)27-14-15-28-22)21-25-24-20(29-21)17-4-2-1-3-5-17/h1-9,19H,10-15H2. The number of aromatic nitrogens is 2. The number of piperidine rings is 1. The van der Waals surface area contributed by atoms with E-state index in [4.69, 9.17) is 13.9 Å². The summed E-state index contributed by atoms with van der Waals surface area (Å²) in [6.45, 7) is 2.80. The van der Waals surface area contributed by atoms with Gasteiger partial charge in [-0.15, -0.1) is 10.2 Å². The number of hydrogen-bond donors (Lipinski definition) is 0. The molecule has 2 saturated heterocycles. The van der Waals surface area contributed by atoms with Crippen LogP contribution in [-0.2, 0) is 9.47 Å². The highest BCUT2D eigenvalue weighted by Crippen LogP contribution is 2.37. The Kier molecular flexibility index (Phi) is 4.87. The molecule has 2 aliphatic heterocycles. The Morgan fingerprint density at radius 1 is 0.897 bits per heavy atom. The summed E-state index contributed by atoms with van der Waals surface area (Å²) in [5.74, 6) is 0.241. The number of hydrogen-bond acceptors (Lipinski definition) is 6. The summed E-state index contributed by atoms with van der Waals surface area (Å²) in [5, 5.41) is 8.59. The Morgan fingerprint density at radius 3 is 2.28 bits per heavy atom. The molecule has 2 fully saturated rings. The van der Waals surface area contributed by atoms with Gasteiger partial charge >= 0.3 is 0 Å². The van der Waals surface area contributed by atoms with E-state index in [1.807, 2.05) is 30.3 Å². The Bertz CT molecular complexity index is 945. The predicted molar refractivity (Wildman–Crippen MR) is 103 cm³/mol. The fourth-order valence-corrected chi connectivity index (χ4v) is 4.11. The second kappa shape index (κ2) is 7.67. The summed E-state index contributed by atoms with van der Waals surface area (Å²) in [7, 11) is 0. The summed E-state index contributed by atoms with van der Waals surface area (Å²) in [5.41, 5.74) is 1.79. The van der Waals surface area contributed by atoms with E-state index in [0.29, 0.717) is 25.0 Å². The molecule has 1 aromatic heterocycles. The molecule has 0 radical (unpaired) electrons. The van der Waals surface area contributed by atoms with E-state index >= 15 is 0 Å². The molecule has 3 heterocycles. The van der Waals surface area contributed by atoms with Crippen LogP contribution in [0.2, 0.25) is 0 Å². The first-order chi connectivity index (χ1) is 14.2. The van der Waals surface area contributed by atoms with Crippen molar-refractivity contribution in [1.29, 1.82) is 0 Å². The van der Waals surface area contributed by atoms with E-state index in [9.17, 15) is 4.39 Å². The molecule has 29 heavy (non-hydrogen) atoms. The molecule has 0 amide bonds. The highest BCUT2D eigenvalue weighted by molar-refractivity contribution is 5.51. The molecular weight excluding hydrogens is 373 g/mol. The number of benzene rings is 2. The van der Waals surface area contributed by atoms with Crippen LogP contribution < -0.4 is 0 Å².